The molecule has 60 heavy (non-hydrogen) atoms. The van der Waals surface area contributed by atoms with E-state index in [0.717, 1.165) is 0 Å². The van der Waals surface area contributed by atoms with Crippen molar-refractivity contribution in [2.75, 3.05) is 9.80 Å². The Kier molecular flexibility index (Phi) is 6.91. The molecule has 0 spiro atoms. The van der Waals surface area contributed by atoms with E-state index >= 15 is 0 Å². The van der Waals surface area contributed by atoms with Crippen molar-refractivity contribution in [3.63, 3.8) is 0 Å². The summed E-state index contributed by atoms with van der Waals surface area (Å²) >= 11 is 0. The molecule has 0 N–H and O–H groups in total. The highest BCUT2D eigenvalue weighted by Gasteiger charge is 2.54. The van der Waals surface area contributed by atoms with Gasteiger partial charge >= 0.3 is 0 Å². The zero-order valence-electron chi connectivity index (χ0n) is 35.9. The van der Waals surface area contributed by atoms with Crippen LogP contribution in [-0.2, 0) is 21.7 Å². The van der Waals surface area contributed by atoms with Gasteiger partial charge in [-0.05, 0) is 150 Å². The first-order valence-corrected chi connectivity index (χ1v) is 21.7. The van der Waals surface area contributed by atoms with Gasteiger partial charge in [0.05, 0.1) is 0 Å². The van der Waals surface area contributed by atoms with Gasteiger partial charge in [0.15, 0.2) is 0 Å². The van der Waals surface area contributed by atoms with Crippen LogP contribution in [-0.4, -0.2) is 0 Å². The zero-order valence-corrected chi connectivity index (χ0v) is 35.9. The highest BCUT2D eigenvalue weighted by atomic mass is 15.1. The van der Waals surface area contributed by atoms with Crippen LogP contribution in [0.4, 0.5) is 34.1 Å². The number of rotatable bonds is 6. The maximum atomic E-state index is 2.54. The van der Waals surface area contributed by atoms with Crippen molar-refractivity contribution < 1.29 is 0 Å². The smallest absolute Gasteiger partial charge is 0.0468 e. The van der Waals surface area contributed by atoms with E-state index in [1.54, 1.807) is 0 Å². The van der Waals surface area contributed by atoms with Gasteiger partial charge in [0, 0.05) is 55.8 Å². The Morgan fingerprint density at radius 3 is 0.817 bits per heavy atom. The van der Waals surface area contributed by atoms with Gasteiger partial charge in [-0.1, -0.05) is 140 Å². The molecule has 0 aromatic heterocycles. The first-order valence-electron chi connectivity index (χ1n) is 21.7. The number of hydrogen-bond acceptors (Lipinski definition) is 2. The molecule has 4 aliphatic rings. The SMILES string of the molecule is CC1(C)c2cc(N(c3ccccc3)c3ccccc3)cc3c2-c2c1c1c4c5c(ccc(c25)C3(C)C)C(C)(C)c2cc(N(c3ccccc3)c3ccccc3)cc(c2-4)C1(C)C. The fourth-order valence-corrected chi connectivity index (χ4v) is 12.2. The maximum absolute atomic E-state index is 2.54. The van der Waals surface area contributed by atoms with E-state index in [-0.39, 0.29) is 21.7 Å². The molecule has 0 saturated heterocycles. The average Bonchev–Trinajstić information content (AvgIpc) is 3.63. The Labute approximate surface area is 354 Å². The monoisotopic (exact) mass is 774 g/mol. The summed E-state index contributed by atoms with van der Waals surface area (Å²) in [5, 5.41) is 2.98. The number of benzene rings is 8. The van der Waals surface area contributed by atoms with Crippen LogP contribution in [0.3, 0.4) is 0 Å². The van der Waals surface area contributed by atoms with Gasteiger partial charge in [-0.25, -0.2) is 0 Å². The van der Waals surface area contributed by atoms with Crippen LogP contribution >= 0.6 is 0 Å². The summed E-state index contributed by atoms with van der Waals surface area (Å²) in [5.41, 5.74) is 23.7. The van der Waals surface area contributed by atoms with Crippen molar-refractivity contribution in [2.45, 2.75) is 77.0 Å². The molecule has 8 aromatic rings. The third-order valence-electron chi connectivity index (χ3n) is 15.1. The first-order chi connectivity index (χ1) is 28.8. The van der Waals surface area contributed by atoms with Crippen LogP contribution in [0.2, 0.25) is 0 Å². The standard InChI is InChI=1S/C58H50N2/c1-55(2)41-29-30-42-50-49(41)51-47-43(55)31-39(59(35-21-13-9-14-22-35)36-23-15-10-16-24-36)33-45(47)57(5,6)53(51)54-52(50)48-44(56(42,3)4)32-40(34-46(48)58(54,7)8)60(37-25-17-11-18-26-37)38-27-19-12-20-28-38/h9-34H,1-8H3. The molecule has 0 aliphatic heterocycles. The molecule has 2 heteroatoms. The maximum Gasteiger partial charge on any atom is 0.0468 e. The van der Waals surface area contributed by atoms with E-state index in [1.807, 2.05) is 0 Å². The molecular weight excluding hydrogens is 725 g/mol. The predicted molar refractivity (Wildman–Crippen MR) is 253 cm³/mol. The summed E-state index contributed by atoms with van der Waals surface area (Å²) in [7, 11) is 0. The van der Waals surface area contributed by atoms with E-state index in [1.165, 1.54) is 112 Å². The third-order valence-corrected chi connectivity index (χ3v) is 15.1. The lowest BCUT2D eigenvalue weighted by atomic mass is 9.62. The van der Waals surface area contributed by atoms with Gasteiger partial charge in [0.1, 0.15) is 0 Å². The highest BCUT2D eigenvalue weighted by Crippen LogP contribution is 2.70. The van der Waals surface area contributed by atoms with Gasteiger partial charge in [-0.15, -0.1) is 0 Å². The van der Waals surface area contributed by atoms with Crippen molar-refractivity contribution in [1.82, 2.24) is 0 Å². The molecule has 0 saturated carbocycles. The number of hydrogen-bond donors (Lipinski definition) is 0. The van der Waals surface area contributed by atoms with Crippen LogP contribution in [0.5, 0.6) is 0 Å². The van der Waals surface area contributed by atoms with Crippen molar-refractivity contribution in [1.29, 1.82) is 0 Å². The fraction of sp³-hybridized carbons (Fsp3) is 0.207. The van der Waals surface area contributed by atoms with E-state index in [4.69, 9.17) is 0 Å². The molecule has 0 bridgehead atoms. The molecule has 0 unspecified atom stereocenters. The summed E-state index contributed by atoms with van der Waals surface area (Å²) in [6, 6.07) is 58.8. The van der Waals surface area contributed by atoms with Gasteiger partial charge < -0.3 is 9.80 Å². The predicted octanol–water partition coefficient (Wildman–Crippen LogP) is 15.7. The van der Waals surface area contributed by atoms with Gasteiger partial charge in [0.25, 0.3) is 0 Å². The van der Waals surface area contributed by atoms with Crippen LogP contribution in [0.25, 0.3) is 33.0 Å². The van der Waals surface area contributed by atoms with Gasteiger partial charge in [-0.3, -0.25) is 0 Å². The van der Waals surface area contributed by atoms with E-state index in [2.05, 4.69) is 223 Å². The Hall–Kier alpha value is -6.38. The molecule has 0 fully saturated rings. The Balaban J connectivity index is 1.18. The fourth-order valence-electron chi connectivity index (χ4n) is 12.2. The molecule has 8 aromatic carbocycles. The summed E-state index contributed by atoms with van der Waals surface area (Å²) < 4.78 is 0. The van der Waals surface area contributed by atoms with Crippen molar-refractivity contribution >= 4 is 44.9 Å². The molecular formula is C58H50N2. The minimum atomic E-state index is -0.252. The van der Waals surface area contributed by atoms with Crippen LogP contribution in [0.15, 0.2) is 158 Å². The minimum Gasteiger partial charge on any atom is -0.310 e. The second-order valence-corrected chi connectivity index (χ2v) is 19.8. The van der Waals surface area contributed by atoms with Crippen molar-refractivity contribution in [3.05, 3.63) is 202 Å². The highest BCUT2D eigenvalue weighted by molar-refractivity contribution is 6.19. The number of fused-ring (bicyclic) bond motifs is 1. The lowest BCUT2D eigenvalue weighted by Crippen LogP contribution is -2.28. The second-order valence-electron chi connectivity index (χ2n) is 19.8. The average molecular weight is 775 g/mol. The van der Waals surface area contributed by atoms with Crippen molar-refractivity contribution in [2.24, 2.45) is 0 Å². The summed E-state index contributed by atoms with van der Waals surface area (Å²) in [6.07, 6.45) is 0. The quantitative estimate of drug-likeness (QED) is 0.166. The summed E-state index contributed by atoms with van der Waals surface area (Å²) in [4.78, 5) is 4.92. The first kappa shape index (κ1) is 35.6. The summed E-state index contributed by atoms with van der Waals surface area (Å²) in [5.74, 6) is 0. The van der Waals surface area contributed by atoms with E-state index in [0.29, 0.717) is 0 Å². The number of anilines is 6. The number of para-hydroxylation sites is 4. The molecule has 4 aliphatic carbocycles. The van der Waals surface area contributed by atoms with E-state index in [9.17, 15) is 0 Å². The molecule has 292 valence electrons. The third kappa shape index (κ3) is 4.34. The topological polar surface area (TPSA) is 6.48 Å². The van der Waals surface area contributed by atoms with Crippen molar-refractivity contribution in [3.8, 4) is 22.3 Å². The van der Waals surface area contributed by atoms with Crippen LogP contribution < -0.4 is 9.80 Å². The Morgan fingerprint density at radius 2 is 0.533 bits per heavy atom. The van der Waals surface area contributed by atoms with Gasteiger partial charge in [0.2, 0.25) is 0 Å². The van der Waals surface area contributed by atoms with Gasteiger partial charge in [-0.2, -0.15) is 0 Å². The minimum absolute atomic E-state index is 0.228. The van der Waals surface area contributed by atoms with E-state index < -0.39 is 0 Å². The lowest BCUT2D eigenvalue weighted by Gasteiger charge is -2.41. The Bertz CT molecular complexity index is 2830. The largest absolute Gasteiger partial charge is 0.310 e. The second kappa shape index (κ2) is 11.7. The lowest BCUT2D eigenvalue weighted by molar-refractivity contribution is 0.600. The molecule has 0 radical (unpaired) electrons. The van der Waals surface area contributed by atoms with Crippen LogP contribution in [0.1, 0.15) is 99.9 Å². The zero-order chi connectivity index (χ0) is 41.1. The number of nitrogens with zero attached hydrogens (tertiary/aromatic N) is 2. The molecule has 12 rings (SSSR count). The molecule has 0 amide bonds. The molecule has 0 heterocycles. The molecule has 0 atom stereocenters. The summed E-state index contributed by atoms with van der Waals surface area (Å²) in [6.45, 7) is 20.0. The Morgan fingerprint density at radius 1 is 0.267 bits per heavy atom. The molecule has 2 nitrogen and oxygen atoms in total. The van der Waals surface area contributed by atoms with Crippen LogP contribution in [0, 0.1) is 0 Å². The normalized spacial score (nSPS) is 16.9.